The fourth-order valence-electron chi connectivity index (χ4n) is 4.54. The summed E-state index contributed by atoms with van der Waals surface area (Å²) in [5.41, 5.74) is 4.19. The number of piperidine rings is 1. The normalized spacial score (nSPS) is 23.3. The van der Waals surface area contributed by atoms with E-state index < -0.39 is 0 Å². The van der Waals surface area contributed by atoms with Gasteiger partial charge in [-0.05, 0) is 62.9 Å². The Kier molecular flexibility index (Phi) is 5.00. The number of likely N-dealkylation sites (tertiary alicyclic amines) is 1. The van der Waals surface area contributed by atoms with Gasteiger partial charge in [0.2, 0.25) is 0 Å². The number of amides is 1. The van der Waals surface area contributed by atoms with Gasteiger partial charge in [-0.15, -0.1) is 0 Å². The summed E-state index contributed by atoms with van der Waals surface area (Å²) in [6.07, 6.45) is 14.7. The third kappa shape index (κ3) is 3.59. The first-order valence-electron chi connectivity index (χ1n) is 10.6. The summed E-state index contributed by atoms with van der Waals surface area (Å²) in [4.78, 5) is 24.1. The van der Waals surface area contributed by atoms with Gasteiger partial charge in [0.05, 0.1) is 17.2 Å². The Hall–Kier alpha value is -2.43. The molecule has 7 heteroatoms. The highest BCUT2D eigenvalue weighted by Crippen LogP contribution is 2.44. The molecular weight excluding hydrogens is 393 g/mol. The van der Waals surface area contributed by atoms with Gasteiger partial charge >= 0.3 is 0 Å². The Morgan fingerprint density at radius 2 is 1.97 bits per heavy atom. The molecule has 0 aromatic carbocycles. The number of allylic oxidation sites excluding steroid dienone is 1. The predicted octanol–water partition coefficient (Wildman–Crippen LogP) is 3.27. The van der Waals surface area contributed by atoms with E-state index in [9.17, 15) is 4.79 Å². The fraction of sp³-hybridized carbons (Fsp3) is 0.391. The van der Waals surface area contributed by atoms with Crippen molar-refractivity contribution in [3.8, 4) is 0 Å². The molecule has 0 saturated carbocycles. The van der Waals surface area contributed by atoms with Gasteiger partial charge in [-0.3, -0.25) is 4.79 Å². The maximum atomic E-state index is 13.0. The van der Waals surface area contributed by atoms with Crippen molar-refractivity contribution in [1.29, 1.82) is 0 Å². The minimum atomic E-state index is 0.0701. The summed E-state index contributed by atoms with van der Waals surface area (Å²) >= 11 is 0. The van der Waals surface area contributed by atoms with Crippen LogP contribution in [0.2, 0.25) is 0 Å². The second-order valence-electron chi connectivity index (χ2n) is 8.55. The number of rotatable bonds is 3. The van der Waals surface area contributed by atoms with Crippen LogP contribution in [0.5, 0.6) is 0 Å². The number of pyridine rings is 1. The molecule has 2 unspecified atom stereocenters. The molecule has 6 nitrogen and oxygen atoms in total. The van der Waals surface area contributed by atoms with E-state index in [0.717, 1.165) is 53.8 Å². The zero-order chi connectivity index (χ0) is 20.8. The summed E-state index contributed by atoms with van der Waals surface area (Å²) < 4.78 is 2.04. The number of aryl methyl sites for hydroxylation is 1. The molecule has 156 valence electrons. The lowest BCUT2D eigenvalue weighted by molar-refractivity contribution is -0.123. The van der Waals surface area contributed by atoms with E-state index in [2.05, 4.69) is 59.5 Å². The van der Waals surface area contributed by atoms with Gasteiger partial charge in [-0.25, -0.2) is 4.98 Å². The lowest BCUT2D eigenvalue weighted by atomic mass is 10.0. The monoisotopic (exact) mass is 421 g/mol. The average molecular weight is 421 g/mol. The highest BCUT2D eigenvalue weighted by Gasteiger charge is 2.30. The summed E-state index contributed by atoms with van der Waals surface area (Å²) in [5, 5.41) is 1.11. The van der Waals surface area contributed by atoms with Crippen molar-refractivity contribution in [2.75, 3.05) is 27.2 Å². The SMILES string of the molecule is Cc1cn2cc(C3=CC(=O)N4C=C(N5CCC(N(C)C)CC5)C=CC4P3)ccc2n1. The quantitative estimate of drug-likeness (QED) is 0.714. The number of nitrogens with zero attached hydrogens (tertiary/aromatic N) is 5. The zero-order valence-corrected chi connectivity index (χ0v) is 18.7. The minimum absolute atomic E-state index is 0.0701. The molecule has 0 aliphatic carbocycles. The molecule has 0 radical (unpaired) electrons. The first-order chi connectivity index (χ1) is 14.5. The third-order valence-electron chi connectivity index (χ3n) is 6.29. The van der Waals surface area contributed by atoms with Crippen LogP contribution in [0.4, 0.5) is 0 Å². The zero-order valence-electron chi connectivity index (χ0n) is 17.7. The highest BCUT2D eigenvalue weighted by atomic mass is 31.1. The summed E-state index contributed by atoms with van der Waals surface area (Å²) in [7, 11) is 4.85. The lowest BCUT2D eigenvalue weighted by Gasteiger charge is -2.40. The predicted molar refractivity (Wildman–Crippen MR) is 122 cm³/mol. The summed E-state index contributed by atoms with van der Waals surface area (Å²) in [6, 6.07) is 4.76. The molecule has 5 rings (SSSR count). The standard InChI is InChI=1S/C23H28N5OP/c1-16-13-27-14-17(4-6-21(27)24-16)20-12-22(29)28-15-19(5-7-23(28)30-20)26-10-8-18(9-11-26)25(2)3/h4-7,12-15,18,23,30H,8-11H2,1-3H3. The topological polar surface area (TPSA) is 44.1 Å². The first kappa shape index (κ1) is 19.5. The van der Waals surface area contributed by atoms with E-state index in [1.165, 1.54) is 0 Å². The molecule has 1 saturated heterocycles. The number of carbonyl (C=O) groups excluding carboxylic acids is 1. The number of aromatic nitrogens is 2. The largest absolute Gasteiger partial charge is 0.370 e. The van der Waals surface area contributed by atoms with Crippen molar-refractivity contribution in [3.05, 3.63) is 65.9 Å². The molecule has 0 spiro atoms. The Morgan fingerprint density at radius 1 is 1.17 bits per heavy atom. The third-order valence-corrected chi connectivity index (χ3v) is 7.80. The van der Waals surface area contributed by atoms with Crippen LogP contribution in [-0.4, -0.2) is 69.0 Å². The molecule has 2 aromatic rings. The van der Waals surface area contributed by atoms with Crippen LogP contribution in [0.3, 0.4) is 0 Å². The van der Waals surface area contributed by atoms with Crippen LogP contribution in [0.1, 0.15) is 24.1 Å². The summed E-state index contributed by atoms with van der Waals surface area (Å²) in [5.74, 6) is 0.182. The van der Waals surface area contributed by atoms with E-state index >= 15 is 0 Å². The molecule has 3 aliphatic rings. The number of fused-ring (bicyclic) bond motifs is 2. The van der Waals surface area contributed by atoms with Crippen LogP contribution in [0, 0.1) is 6.92 Å². The van der Waals surface area contributed by atoms with Crippen molar-refractivity contribution in [3.63, 3.8) is 0 Å². The van der Waals surface area contributed by atoms with Gasteiger partial charge < -0.3 is 19.1 Å². The Bertz CT molecular complexity index is 1070. The Morgan fingerprint density at radius 3 is 2.73 bits per heavy atom. The van der Waals surface area contributed by atoms with Crippen molar-refractivity contribution in [2.45, 2.75) is 31.6 Å². The van der Waals surface area contributed by atoms with Crippen LogP contribution in [0.25, 0.3) is 11.0 Å². The second kappa shape index (κ2) is 7.68. The Balaban J connectivity index is 1.34. The molecule has 2 atom stereocenters. The molecule has 30 heavy (non-hydrogen) atoms. The van der Waals surface area contributed by atoms with Crippen LogP contribution >= 0.6 is 8.58 Å². The van der Waals surface area contributed by atoms with Crippen molar-refractivity contribution < 1.29 is 4.79 Å². The van der Waals surface area contributed by atoms with Gasteiger partial charge in [0.1, 0.15) is 5.65 Å². The van der Waals surface area contributed by atoms with Crippen molar-refractivity contribution >= 4 is 25.4 Å². The van der Waals surface area contributed by atoms with Gasteiger partial charge in [0, 0.05) is 43.8 Å². The molecule has 2 aromatic heterocycles. The van der Waals surface area contributed by atoms with Crippen molar-refractivity contribution in [1.82, 2.24) is 24.1 Å². The number of hydrogen-bond acceptors (Lipinski definition) is 4. The first-order valence-corrected chi connectivity index (χ1v) is 11.6. The van der Waals surface area contributed by atoms with Gasteiger partial charge in [0.15, 0.2) is 0 Å². The van der Waals surface area contributed by atoms with E-state index in [1.807, 2.05) is 34.6 Å². The van der Waals surface area contributed by atoms with Crippen LogP contribution in [0.15, 0.2) is 54.7 Å². The number of carbonyl (C=O) groups is 1. The lowest BCUT2D eigenvalue weighted by Crippen LogP contribution is -2.43. The maximum absolute atomic E-state index is 13.0. The van der Waals surface area contributed by atoms with E-state index in [0.29, 0.717) is 14.6 Å². The van der Waals surface area contributed by atoms with Gasteiger partial charge in [-0.2, -0.15) is 0 Å². The summed E-state index contributed by atoms with van der Waals surface area (Å²) in [6.45, 7) is 4.08. The number of hydrogen-bond donors (Lipinski definition) is 0. The molecule has 0 N–H and O–H groups in total. The van der Waals surface area contributed by atoms with Gasteiger partial charge in [-0.1, -0.05) is 14.7 Å². The fourth-order valence-corrected chi connectivity index (χ4v) is 5.91. The highest BCUT2D eigenvalue weighted by molar-refractivity contribution is 7.51. The molecule has 3 aliphatic heterocycles. The number of imidazole rings is 1. The minimum Gasteiger partial charge on any atom is -0.370 e. The van der Waals surface area contributed by atoms with E-state index in [4.69, 9.17) is 0 Å². The molecule has 5 heterocycles. The molecular formula is C23H28N5OP. The van der Waals surface area contributed by atoms with Crippen LogP contribution < -0.4 is 0 Å². The van der Waals surface area contributed by atoms with E-state index in [1.54, 1.807) is 0 Å². The van der Waals surface area contributed by atoms with E-state index in [-0.39, 0.29) is 11.7 Å². The second-order valence-corrected chi connectivity index (χ2v) is 9.97. The molecule has 1 amide bonds. The van der Waals surface area contributed by atoms with Crippen LogP contribution in [-0.2, 0) is 4.79 Å². The average Bonchev–Trinajstić information content (AvgIpc) is 3.12. The molecule has 0 bridgehead atoms. The van der Waals surface area contributed by atoms with Gasteiger partial charge in [0.25, 0.3) is 5.91 Å². The Labute approximate surface area is 179 Å². The smallest absolute Gasteiger partial charge is 0.252 e. The van der Waals surface area contributed by atoms with Crippen molar-refractivity contribution in [2.24, 2.45) is 0 Å². The maximum Gasteiger partial charge on any atom is 0.252 e. The molecule has 1 fully saturated rings.